The Labute approximate surface area is 243 Å². The van der Waals surface area contributed by atoms with Gasteiger partial charge in [0.2, 0.25) is 5.12 Å². The third-order valence-corrected chi connectivity index (χ3v) is 12.0. The van der Waals surface area contributed by atoms with Crippen molar-refractivity contribution < 1.29 is 19.4 Å². The molecule has 0 radical (unpaired) electrons. The van der Waals surface area contributed by atoms with E-state index in [9.17, 15) is 20.0 Å². The molecule has 1 N–H and O–H groups in total. The van der Waals surface area contributed by atoms with Gasteiger partial charge in [0, 0.05) is 17.8 Å². The number of thioether (sulfide) groups is 1. The minimum atomic E-state index is -1.31. The summed E-state index contributed by atoms with van der Waals surface area (Å²) in [6.45, 7) is 4.35. The molecule has 214 valence electrons. The molecule has 10 heteroatoms. The number of esters is 1. The fraction of sp³-hybridized carbons (Fsp3) is 0.613. The molecule has 9 nitrogen and oxygen atoms in total. The number of ether oxygens (including phenoxy) is 1. The highest BCUT2D eigenvalue weighted by Crippen LogP contribution is 2.69. The lowest BCUT2D eigenvalue weighted by Crippen LogP contribution is -2.62. The van der Waals surface area contributed by atoms with Crippen molar-refractivity contribution in [3.63, 3.8) is 0 Å². The summed E-state index contributed by atoms with van der Waals surface area (Å²) in [6, 6.07) is 2.05. The van der Waals surface area contributed by atoms with Crippen LogP contribution in [0.2, 0.25) is 0 Å². The van der Waals surface area contributed by atoms with Crippen LogP contribution in [0, 0.1) is 45.8 Å². The second-order valence-electron chi connectivity index (χ2n) is 13.1. The van der Waals surface area contributed by atoms with Crippen LogP contribution < -0.4 is 0 Å². The fourth-order valence-corrected chi connectivity index (χ4v) is 9.89. The van der Waals surface area contributed by atoms with E-state index in [0.717, 1.165) is 61.5 Å². The molecular weight excluding hydrogens is 538 g/mol. The molecule has 2 heterocycles. The van der Waals surface area contributed by atoms with Gasteiger partial charge in [0.1, 0.15) is 0 Å². The van der Waals surface area contributed by atoms with E-state index < -0.39 is 17.1 Å². The molecule has 2 aromatic heterocycles. The van der Waals surface area contributed by atoms with Gasteiger partial charge >= 0.3 is 5.97 Å². The molecular formula is C31H35N5O4S. The Hall–Kier alpha value is -3.03. The highest BCUT2D eigenvalue weighted by Gasteiger charge is 2.71. The third-order valence-electron chi connectivity index (χ3n) is 11.1. The van der Waals surface area contributed by atoms with Crippen molar-refractivity contribution in [1.82, 2.24) is 19.7 Å². The van der Waals surface area contributed by atoms with Crippen LogP contribution in [-0.2, 0) is 20.7 Å². The Bertz CT molecular complexity index is 1480. The topological polar surface area (TPSA) is 131 Å². The number of hydrogen-bond acceptors (Lipinski definition) is 9. The van der Waals surface area contributed by atoms with Gasteiger partial charge < -0.3 is 9.84 Å². The van der Waals surface area contributed by atoms with Crippen LogP contribution >= 0.6 is 11.8 Å². The molecule has 0 bridgehead atoms. The number of hydrogen-bond donors (Lipinski definition) is 1. The Morgan fingerprint density at radius 3 is 2.78 bits per heavy atom. The maximum Gasteiger partial charge on any atom is 0.309 e. The largest absolute Gasteiger partial charge is 0.449 e. The number of carbonyl (C=O) groups is 2. The first-order valence-corrected chi connectivity index (χ1v) is 15.7. The Morgan fingerprint density at radius 1 is 1.22 bits per heavy atom. The average Bonchev–Trinajstić information content (AvgIpc) is 3.67. The molecule has 5 aliphatic carbocycles. The van der Waals surface area contributed by atoms with Gasteiger partial charge in [-0.3, -0.25) is 14.6 Å². The van der Waals surface area contributed by atoms with Crippen molar-refractivity contribution >= 4 is 28.9 Å². The number of rotatable bonds is 5. The Balaban J connectivity index is 1.23. The first-order valence-electron chi connectivity index (χ1n) is 14.7. The number of nitriles is 1. The highest BCUT2D eigenvalue weighted by molar-refractivity contribution is 8.14. The highest BCUT2D eigenvalue weighted by atomic mass is 32.2. The zero-order chi connectivity index (χ0) is 28.6. The lowest BCUT2D eigenvalue weighted by Gasteiger charge is -2.60. The van der Waals surface area contributed by atoms with Gasteiger partial charge in [0.15, 0.2) is 11.4 Å². The molecule has 7 rings (SSSR count). The molecule has 0 saturated heterocycles. The van der Waals surface area contributed by atoms with Gasteiger partial charge in [-0.05, 0) is 86.2 Å². The van der Waals surface area contributed by atoms with Crippen molar-refractivity contribution in [3.8, 4) is 11.9 Å². The van der Waals surface area contributed by atoms with Gasteiger partial charge in [-0.2, -0.15) is 10.4 Å². The van der Waals surface area contributed by atoms with Crippen molar-refractivity contribution in [2.45, 2.75) is 76.9 Å². The van der Waals surface area contributed by atoms with Crippen molar-refractivity contribution in [2.24, 2.45) is 34.5 Å². The number of nitrogens with zero attached hydrogens (tertiary/aromatic N) is 5. The smallest absolute Gasteiger partial charge is 0.309 e. The number of carbonyl (C=O) groups excluding carboxylic acids is 2. The molecule has 7 atom stereocenters. The number of aliphatic hydroxyl groups is 1. The summed E-state index contributed by atoms with van der Waals surface area (Å²) in [7, 11) is 0. The molecule has 5 aliphatic rings. The molecule has 0 amide bonds. The van der Waals surface area contributed by atoms with E-state index in [1.54, 1.807) is 18.6 Å². The van der Waals surface area contributed by atoms with E-state index in [1.165, 1.54) is 5.57 Å². The number of allylic oxidation sites excluding steroid dienone is 1. The van der Waals surface area contributed by atoms with Gasteiger partial charge in [-0.25, -0.2) is 9.67 Å². The van der Waals surface area contributed by atoms with Crippen LogP contribution in [0.5, 0.6) is 0 Å². The van der Waals surface area contributed by atoms with E-state index >= 15 is 0 Å². The Kier molecular flexibility index (Phi) is 6.22. The van der Waals surface area contributed by atoms with Gasteiger partial charge in [0.25, 0.3) is 0 Å². The molecule has 0 spiro atoms. The first kappa shape index (κ1) is 26.8. The zero-order valence-corrected chi connectivity index (χ0v) is 24.3. The summed E-state index contributed by atoms with van der Waals surface area (Å²) in [5.74, 6) is 0.617. The summed E-state index contributed by atoms with van der Waals surface area (Å²) >= 11 is 0.955. The summed E-state index contributed by atoms with van der Waals surface area (Å²) in [5, 5.41) is 25.6. The van der Waals surface area contributed by atoms with E-state index in [1.807, 2.05) is 10.9 Å². The van der Waals surface area contributed by atoms with E-state index in [2.05, 4.69) is 41.1 Å². The summed E-state index contributed by atoms with van der Waals surface area (Å²) in [4.78, 5) is 35.5. The van der Waals surface area contributed by atoms with E-state index in [-0.39, 0.29) is 45.9 Å². The SMILES string of the molecule is C[C@]12Cc3cnn(-c4cnccn4)c3C=C1CC[C@@H]1[C@@H]2[C@@H](O)C[C@@]2(C)[C@H]1CC[C@]2(OC(=O)C1CC1)C(=O)SCC#N. The standard InChI is InChI=1S/C31H35N5O4S/c1-29-14-19-16-35-36(25-17-33-10-11-34-25)23(19)13-20(29)5-6-21-22-7-8-31(28(39)41-12-9-32,40-27(38)18-3-4-18)30(22,2)15-24(37)26(21)29/h10-11,13,16-18,21-22,24,26,37H,3-8,12,14-15H2,1-2H3/t21-,22-,24-,26+,29-,30-,31-/m0/s1. The summed E-state index contributed by atoms with van der Waals surface area (Å²) < 4.78 is 8.09. The monoisotopic (exact) mass is 573 g/mol. The van der Waals surface area contributed by atoms with Crippen LogP contribution in [-0.4, -0.2) is 53.4 Å². The molecule has 0 aromatic carbocycles. The number of fused-ring (bicyclic) bond motifs is 6. The Morgan fingerprint density at radius 2 is 2.05 bits per heavy atom. The molecule has 41 heavy (non-hydrogen) atoms. The zero-order valence-electron chi connectivity index (χ0n) is 23.5. The minimum Gasteiger partial charge on any atom is -0.449 e. The van der Waals surface area contributed by atoms with Gasteiger partial charge in [-0.1, -0.05) is 31.2 Å². The number of aliphatic hydroxyl groups excluding tert-OH is 1. The lowest BCUT2D eigenvalue weighted by atomic mass is 9.45. The normalized spacial score (nSPS) is 37.1. The maximum absolute atomic E-state index is 13.8. The quantitative estimate of drug-likeness (QED) is 0.520. The van der Waals surface area contributed by atoms with E-state index in [4.69, 9.17) is 4.74 Å². The molecule has 2 aromatic rings. The van der Waals surface area contributed by atoms with Crippen molar-refractivity contribution in [2.75, 3.05) is 5.75 Å². The minimum absolute atomic E-state index is 0.0189. The molecule has 4 fully saturated rings. The van der Waals surface area contributed by atoms with Crippen LogP contribution in [0.15, 0.2) is 30.4 Å². The third kappa shape index (κ3) is 3.88. The molecule has 0 aliphatic heterocycles. The summed E-state index contributed by atoms with van der Waals surface area (Å²) in [6.07, 6.45) is 14.3. The van der Waals surface area contributed by atoms with Crippen LogP contribution in [0.25, 0.3) is 11.9 Å². The first-order chi connectivity index (χ1) is 19.7. The lowest BCUT2D eigenvalue weighted by molar-refractivity contribution is -0.197. The van der Waals surface area contributed by atoms with Crippen LogP contribution in [0.1, 0.15) is 70.1 Å². The predicted molar refractivity (Wildman–Crippen MR) is 151 cm³/mol. The molecule has 4 saturated carbocycles. The number of aromatic nitrogens is 4. The van der Waals surface area contributed by atoms with Crippen molar-refractivity contribution in [3.05, 3.63) is 41.6 Å². The van der Waals surface area contributed by atoms with E-state index in [0.29, 0.717) is 18.7 Å². The van der Waals surface area contributed by atoms with Crippen molar-refractivity contribution in [1.29, 1.82) is 5.26 Å². The van der Waals surface area contributed by atoms with Gasteiger partial charge in [-0.15, -0.1) is 0 Å². The predicted octanol–water partition coefficient (Wildman–Crippen LogP) is 4.29. The summed E-state index contributed by atoms with van der Waals surface area (Å²) in [5.41, 5.74) is 1.24. The van der Waals surface area contributed by atoms with Gasteiger partial charge in [0.05, 0.1) is 41.9 Å². The van der Waals surface area contributed by atoms with Crippen LogP contribution in [0.4, 0.5) is 0 Å². The molecule has 0 unspecified atom stereocenters. The fourth-order valence-electron chi connectivity index (χ4n) is 9.09. The maximum atomic E-state index is 13.8. The van der Waals surface area contributed by atoms with Crippen LogP contribution in [0.3, 0.4) is 0 Å². The second-order valence-corrected chi connectivity index (χ2v) is 14.1. The average molecular weight is 574 g/mol. The second kappa shape index (κ2) is 9.50.